The van der Waals surface area contributed by atoms with Gasteiger partial charge in [0.2, 0.25) is 0 Å². The van der Waals surface area contributed by atoms with Crippen molar-refractivity contribution in [3.63, 3.8) is 0 Å². The molecule has 0 aliphatic heterocycles. The molecule has 0 spiro atoms. The Balaban J connectivity index is 1.73. The van der Waals surface area contributed by atoms with E-state index in [-0.39, 0.29) is 5.91 Å². The molecule has 0 saturated heterocycles. The number of aromatic amines is 1. The van der Waals surface area contributed by atoms with Crippen molar-refractivity contribution >= 4 is 11.7 Å². The molecule has 6 heteroatoms. The molecule has 2 rings (SSSR count). The average Bonchev–Trinajstić information content (AvgIpc) is 2.98. The quantitative estimate of drug-likeness (QED) is 0.669. The van der Waals surface area contributed by atoms with Crippen LogP contribution in [-0.4, -0.2) is 33.9 Å². The lowest BCUT2D eigenvalue weighted by atomic mass is 10.2. The summed E-state index contributed by atoms with van der Waals surface area (Å²) in [5, 5.41) is 5.96. The van der Waals surface area contributed by atoms with Gasteiger partial charge in [0.15, 0.2) is 0 Å². The Morgan fingerprint density at radius 3 is 2.90 bits per heavy atom. The van der Waals surface area contributed by atoms with E-state index in [1.54, 1.807) is 30.7 Å². The largest absolute Gasteiger partial charge is 0.370 e. The minimum atomic E-state index is -0.0972. The van der Waals surface area contributed by atoms with Crippen molar-refractivity contribution < 1.29 is 4.79 Å². The third kappa shape index (κ3) is 4.08. The lowest BCUT2D eigenvalue weighted by Gasteiger charge is -2.06. The van der Waals surface area contributed by atoms with Crippen LogP contribution in [0.2, 0.25) is 0 Å². The standard InChI is InChI=1S/C14H19N5O/c1-2-15-13-6-5-11(10-19-13)14(20)18-7-3-4-12-16-8-9-17-12/h5-6,8-10H,2-4,7H2,1H3,(H,15,19)(H,16,17)(H,18,20). The Morgan fingerprint density at radius 1 is 1.35 bits per heavy atom. The number of H-pyrrole nitrogens is 1. The Labute approximate surface area is 118 Å². The molecule has 0 aromatic carbocycles. The topological polar surface area (TPSA) is 82.7 Å². The Hall–Kier alpha value is -2.37. The molecule has 0 unspecified atom stereocenters. The first kappa shape index (κ1) is 14.0. The number of pyridine rings is 1. The normalized spacial score (nSPS) is 10.2. The molecule has 0 aliphatic rings. The summed E-state index contributed by atoms with van der Waals surface area (Å²) in [6, 6.07) is 3.58. The molecule has 20 heavy (non-hydrogen) atoms. The summed E-state index contributed by atoms with van der Waals surface area (Å²) in [7, 11) is 0. The summed E-state index contributed by atoms with van der Waals surface area (Å²) >= 11 is 0. The van der Waals surface area contributed by atoms with Gasteiger partial charge in [-0.25, -0.2) is 9.97 Å². The van der Waals surface area contributed by atoms with Crippen LogP contribution in [-0.2, 0) is 6.42 Å². The first-order valence-corrected chi connectivity index (χ1v) is 6.76. The molecule has 0 atom stereocenters. The summed E-state index contributed by atoms with van der Waals surface area (Å²) in [5.74, 6) is 1.62. The van der Waals surface area contributed by atoms with Crippen LogP contribution in [0.15, 0.2) is 30.7 Å². The number of imidazole rings is 1. The highest BCUT2D eigenvalue weighted by atomic mass is 16.1. The van der Waals surface area contributed by atoms with Crippen molar-refractivity contribution in [1.82, 2.24) is 20.3 Å². The van der Waals surface area contributed by atoms with Gasteiger partial charge in [0.25, 0.3) is 5.91 Å². The minimum Gasteiger partial charge on any atom is -0.370 e. The number of anilines is 1. The minimum absolute atomic E-state index is 0.0972. The number of aryl methyl sites for hydroxylation is 1. The summed E-state index contributed by atoms with van der Waals surface area (Å²) in [6.07, 6.45) is 6.78. The monoisotopic (exact) mass is 273 g/mol. The first-order valence-electron chi connectivity index (χ1n) is 6.76. The lowest BCUT2D eigenvalue weighted by Crippen LogP contribution is -2.25. The maximum Gasteiger partial charge on any atom is 0.252 e. The highest BCUT2D eigenvalue weighted by Crippen LogP contribution is 2.04. The van der Waals surface area contributed by atoms with Gasteiger partial charge >= 0.3 is 0 Å². The SMILES string of the molecule is CCNc1ccc(C(=O)NCCCc2ncc[nH]2)cn1. The molecule has 6 nitrogen and oxygen atoms in total. The van der Waals surface area contributed by atoms with E-state index in [0.717, 1.165) is 31.0 Å². The maximum atomic E-state index is 11.9. The number of amides is 1. The molecule has 2 aromatic heterocycles. The van der Waals surface area contributed by atoms with E-state index in [2.05, 4.69) is 25.6 Å². The fourth-order valence-corrected chi connectivity index (χ4v) is 1.81. The second kappa shape index (κ2) is 7.28. The van der Waals surface area contributed by atoms with Crippen LogP contribution in [0.1, 0.15) is 29.5 Å². The molecule has 0 aliphatic carbocycles. The van der Waals surface area contributed by atoms with Gasteiger partial charge in [-0.15, -0.1) is 0 Å². The molecule has 0 bridgehead atoms. The van der Waals surface area contributed by atoms with Gasteiger partial charge in [0, 0.05) is 38.1 Å². The van der Waals surface area contributed by atoms with Gasteiger partial charge in [0.05, 0.1) is 5.56 Å². The molecular weight excluding hydrogens is 254 g/mol. The molecule has 1 amide bonds. The predicted octanol–water partition coefficient (Wildman–Crippen LogP) is 1.60. The van der Waals surface area contributed by atoms with Crippen LogP contribution < -0.4 is 10.6 Å². The summed E-state index contributed by atoms with van der Waals surface area (Å²) in [5.41, 5.74) is 0.574. The van der Waals surface area contributed by atoms with Crippen molar-refractivity contribution in [2.75, 3.05) is 18.4 Å². The number of nitrogens with zero attached hydrogens (tertiary/aromatic N) is 2. The van der Waals surface area contributed by atoms with E-state index in [1.165, 1.54) is 0 Å². The zero-order valence-corrected chi connectivity index (χ0v) is 11.5. The molecule has 0 saturated carbocycles. The van der Waals surface area contributed by atoms with Crippen LogP contribution >= 0.6 is 0 Å². The van der Waals surface area contributed by atoms with Crippen LogP contribution in [0.25, 0.3) is 0 Å². The summed E-state index contributed by atoms with van der Waals surface area (Å²) in [4.78, 5) is 23.2. The molecule has 2 aromatic rings. The predicted molar refractivity (Wildman–Crippen MR) is 77.6 cm³/mol. The molecule has 0 radical (unpaired) electrons. The average molecular weight is 273 g/mol. The number of aromatic nitrogens is 3. The van der Waals surface area contributed by atoms with Crippen molar-refractivity contribution in [2.45, 2.75) is 19.8 Å². The summed E-state index contributed by atoms with van der Waals surface area (Å²) < 4.78 is 0. The third-order valence-electron chi connectivity index (χ3n) is 2.81. The van der Waals surface area contributed by atoms with Gasteiger partial charge in [-0.2, -0.15) is 0 Å². The highest BCUT2D eigenvalue weighted by Gasteiger charge is 2.05. The molecule has 106 valence electrons. The molecular formula is C14H19N5O. The third-order valence-corrected chi connectivity index (χ3v) is 2.81. The van der Waals surface area contributed by atoms with Crippen molar-refractivity contribution in [3.8, 4) is 0 Å². The van der Waals surface area contributed by atoms with Crippen molar-refractivity contribution in [1.29, 1.82) is 0 Å². The zero-order chi connectivity index (χ0) is 14.2. The first-order chi connectivity index (χ1) is 9.79. The maximum absolute atomic E-state index is 11.9. The van der Waals surface area contributed by atoms with Crippen molar-refractivity contribution in [3.05, 3.63) is 42.1 Å². The zero-order valence-electron chi connectivity index (χ0n) is 11.5. The smallest absolute Gasteiger partial charge is 0.252 e. The van der Waals surface area contributed by atoms with Gasteiger partial charge in [-0.05, 0) is 25.5 Å². The number of rotatable bonds is 7. The second-order valence-corrected chi connectivity index (χ2v) is 4.36. The number of carbonyl (C=O) groups is 1. The van der Waals surface area contributed by atoms with E-state index in [4.69, 9.17) is 0 Å². The fourth-order valence-electron chi connectivity index (χ4n) is 1.81. The van der Waals surface area contributed by atoms with Crippen molar-refractivity contribution in [2.24, 2.45) is 0 Å². The summed E-state index contributed by atoms with van der Waals surface area (Å²) in [6.45, 7) is 3.43. The Bertz CT molecular complexity index is 521. The molecule has 0 fully saturated rings. The number of carbonyl (C=O) groups excluding carboxylic acids is 1. The Morgan fingerprint density at radius 2 is 2.25 bits per heavy atom. The van der Waals surface area contributed by atoms with Gasteiger partial charge < -0.3 is 15.6 Å². The highest BCUT2D eigenvalue weighted by molar-refractivity contribution is 5.93. The van der Waals surface area contributed by atoms with E-state index >= 15 is 0 Å². The van der Waals surface area contributed by atoms with Gasteiger partial charge in [-0.3, -0.25) is 4.79 Å². The van der Waals surface area contributed by atoms with Crippen LogP contribution in [0.4, 0.5) is 5.82 Å². The lowest BCUT2D eigenvalue weighted by molar-refractivity contribution is 0.0953. The van der Waals surface area contributed by atoms with Crippen LogP contribution in [0.3, 0.4) is 0 Å². The fraction of sp³-hybridized carbons (Fsp3) is 0.357. The molecule has 2 heterocycles. The second-order valence-electron chi connectivity index (χ2n) is 4.36. The van der Waals surface area contributed by atoms with E-state index in [0.29, 0.717) is 12.1 Å². The van der Waals surface area contributed by atoms with Gasteiger partial charge in [-0.1, -0.05) is 0 Å². The van der Waals surface area contributed by atoms with E-state index in [9.17, 15) is 4.79 Å². The number of nitrogens with one attached hydrogen (secondary N) is 3. The van der Waals surface area contributed by atoms with E-state index < -0.39 is 0 Å². The van der Waals surface area contributed by atoms with Crippen LogP contribution in [0.5, 0.6) is 0 Å². The number of hydrogen-bond donors (Lipinski definition) is 3. The molecule has 3 N–H and O–H groups in total. The van der Waals surface area contributed by atoms with Gasteiger partial charge in [0.1, 0.15) is 11.6 Å². The van der Waals surface area contributed by atoms with Crippen LogP contribution in [0, 0.1) is 0 Å². The van der Waals surface area contributed by atoms with E-state index in [1.807, 2.05) is 6.92 Å². The number of hydrogen-bond acceptors (Lipinski definition) is 4. The Kier molecular flexibility index (Phi) is 5.11.